The van der Waals surface area contributed by atoms with Gasteiger partial charge in [-0.1, -0.05) is 0 Å². The van der Waals surface area contributed by atoms with Crippen molar-refractivity contribution in [2.75, 3.05) is 30.5 Å². The van der Waals surface area contributed by atoms with Crippen LogP contribution in [0.15, 0.2) is 11.1 Å². The molecule has 0 amide bonds. The third kappa shape index (κ3) is 18.7. The minimum atomic E-state index is -10.7. The number of hydrogen-bond donors (Lipinski definition) is 2. The molecule has 0 heterocycles. The second-order valence-electron chi connectivity index (χ2n) is 4.20. The molecular weight excluding hydrogens is 385 g/mol. The van der Waals surface area contributed by atoms with Crippen LogP contribution in [0.25, 0.3) is 0 Å². The number of hydrogen-bond acceptors (Lipinski definition) is 5. The van der Waals surface area contributed by atoms with E-state index in [2.05, 4.69) is 0 Å². The normalized spacial score (nSPS) is 13.5. The molecule has 0 aromatic carbocycles. The van der Waals surface area contributed by atoms with Crippen molar-refractivity contribution in [3.63, 3.8) is 0 Å². The van der Waals surface area contributed by atoms with Gasteiger partial charge in [0.2, 0.25) is 0 Å². The molecule has 0 saturated carbocycles. The molecule has 0 radical (unpaired) electrons. The summed E-state index contributed by atoms with van der Waals surface area (Å²) in [6, 6.07) is 3.40. The number of nitrogens with zero attached hydrogens (tertiary/aromatic N) is 2. The Kier molecular flexibility index (Phi) is 9.01. The molecule has 0 atom stereocenters. The fraction of sp³-hybridized carbons (Fsp3) is 0.545. The van der Waals surface area contributed by atoms with E-state index in [0.717, 1.165) is 0 Å². The van der Waals surface area contributed by atoms with E-state index in [1.165, 1.54) is 6.92 Å². The number of carbonyl (C=O) groups is 1. The number of Topliss-reactive ketones (excluding diaryl/α,β-unsaturated/α-hetero) is 1. The van der Waals surface area contributed by atoms with Gasteiger partial charge in [-0.05, 0) is 17.8 Å². The molecule has 0 aliphatic heterocycles. The van der Waals surface area contributed by atoms with Gasteiger partial charge in [0.25, 0.3) is 0 Å². The molecule has 0 aliphatic carbocycles. The maximum atomic E-state index is 11.4. The van der Waals surface area contributed by atoms with Crippen LogP contribution in [-0.4, -0.2) is 46.5 Å². The first-order valence-electron chi connectivity index (χ1n) is 6.02. The minimum absolute atomic E-state index is 0.0390. The van der Waals surface area contributed by atoms with Crippen molar-refractivity contribution >= 4 is 24.5 Å². The zero-order valence-corrected chi connectivity index (χ0v) is 14.1. The summed E-state index contributed by atoms with van der Waals surface area (Å²) in [6.07, 6.45) is 0. The van der Waals surface area contributed by atoms with Gasteiger partial charge in [0.15, 0.2) is 5.78 Å². The van der Waals surface area contributed by atoms with Crippen molar-refractivity contribution in [1.29, 1.82) is 10.5 Å². The zero-order chi connectivity index (χ0) is 19.7. The average Bonchev–Trinajstić information content (AvgIpc) is 2.35. The quantitative estimate of drug-likeness (QED) is 0.225. The number of nitriles is 2. The molecule has 0 aromatic heterocycles. The van der Waals surface area contributed by atoms with Gasteiger partial charge in [-0.3, -0.25) is 4.79 Å². The molecule has 2 N–H and O–H groups in total. The van der Waals surface area contributed by atoms with E-state index in [1.54, 1.807) is 12.1 Å². The van der Waals surface area contributed by atoms with Crippen molar-refractivity contribution in [2.24, 2.45) is 0 Å². The van der Waals surface area contributed by atoms with Crippen LogP contribution in [0, 0.1) is 22.7 Å². The fourth-order valence-electron chi connectivity index (χ4n) is 1.22. The molecule has 0 saturated heterocycles. The summed E-state index contributed by atoms with van der Waals surface area (Å²) in [5, 5.41) is 35.2. The van der Waals surface area contributed by atoms with Gasteiger partial charge < -0.3 is 10.2 Å². The fourth-order valence-corrected chi connectivity index (χ4v) is 2.98. The Morgan fingerprint density at radius 1 is 1.00 bits per heavy atom. The number of halogens is 6. The van der Waals surface area contributed by atoms with Crippen molar-refractivity contribution in [3.8, 4) is 12.1 Å². The Morgan fingerprint density at radius 3 is 1.54 bits per heavy atom. The van der Waals surface area contributed by atoms with Crippen molar-refractivity contribution < 1.29 is 40.2 Å². The first-order valence-corrected chi connectivity index (χ1v) is 9.78. The number of allylic oxidation sites excluding steroid dienone is 1. The summed E-state index contributed by atoms with van der Waals surface area (Å²) in [7, 11) is -11.0. The van der Waals surface area contributed by atoms with Crippen LogP contribution in [-0.2, 0) is 15.7 Å². The van der Waals surface area contributed by atoms with Crippen molar-refractivity contribution in [1.82, 2.24) is 0 Å². The first kappa shape index (κ1) is 24.9. The second-order valence-corrected chi connectivity index (χ2v) is 8.45. The molecular formula is C11H15F6N2O3PS. The average molecular weight is 400 g/mol. The number of aliphatic hydroxyl groups excluding tert-OH is 2. The van der Waals surface area contributed by atoms with E-state index in [0.29, 0.717) is 11.5 Å². The summed E-state index contributed by atoms with van der Waals surface area (Å²) in [6.45, 7) is 1.23. The Bertz CT molecular complexity index is 531. The predicted octanol–water partition coefficient (Wildman–Crippen LogP) is 2.90. The van der Waals surface area contributed by atoms with Gasteiger partial charge >= 0.3 is 33.0 Å². The summed E-state index contributed by atoms with van der Waals surface area (Å²) >= 11 is 0. The standard InChI is InChI=1S/C11H15N2O3S.F6P/c1-9(16)11(10(6-12)7-13)8-17(4-2-14)5-3-15;1-7(2,3,4,5)6/h14-15H,2-5,8H2,1H3;/q+1;-1. The van der Waals surface area contributed by atoms with E-state index < -0.39 is 7.81 Å². The third-order valence-electron chi connectivity index (χ3n) is 2.06. The molecule has 140 valence electrons. The van der Waals surface area contributed by atoms with Gasteiger partial charge in [-0.25, -0.2) is 0 Å². The summed E-state index contributed by atoms with van der Waals surface area (Å²) in [5.74, 6) is 0.882. The van der Waals surface area contributed by atoms with E-state index in [-0.39, 0.29) is 46.8 Å². The van der Waals surface area contributed by atoms with Crippen LogP contribution in [0.1, 0.15) is 6.92 Å². The second kappa shape index (κ2) is 8.67. The molecule has 0 aromatic rings. The predicted molar refractivity (Wildman–Crippen MR) is 78.6 cm³/mol. The summed E-state index contributed by atoms with van der Waals surface area (Å²) < 4.78 is 59.2. The molecule has 13 heteroatoms. The van der Waals surface area contributed by atoms with Crippen LogP contribution in [0.5, 0.6) is 0 Å². The monoisotopic (exact) mass is 400 g/mol. The van der Waals surface area contributed by atoms with Crippen LogP contribution in [0.2, 0.25) is 0 Å². The molecule has 0 fully saturated rings. The van der Waals surface area contributed by atoms with Gasteiger partial charge in [0.05, 0.1) is 18.8 Å². The maximum absolute atomic E-state index is 11.4. The third-order valence-corrected chi connectivity index (χ3v) is 4.28. The Morgan fingerprint density at radius 2 is 1.33 bits per heavy atom. The molecule has 0 bridgehead atoms. The number of ketones is 1. The Balaban J connectivity index is 0. The molecule has 0 spiro atoms. The summed E-state index contributed by atoms with van der Waals surface area (Å²) in [5.41, 5.74) is 0.0195. The number of aliphatic hydroxyl groups is 2. The summed E-state index contributed by atoms with van der Waals surface area (Å²) in [4.78, 5) is 11.4. The molecule has 0 aliphatic rings. The number of rotatable bonds is 7. The first-order chi connectivity index (χ1) is 10.5. The van der Waals surface area contributed by atoms with Crippen LogP contribution < -0.4 is 0 Å². The van der Waals surface area contributed by atoms with Gasteiger partial charge in [-0.15, -0.1) is 0 Å². The topological polar surface area (TPSA) is 105 Å². The number of carbonyl (C=O) groups excluding carboxylic acids is 1. The van der Waals surface area contributed by atoms with E-state index in [4.69, 9.17) is 20.7 Å². The van der Waals surface area contributed by atoms with Gasteiger partial charge in [-0.2, -0.15) is 10.5 Å². The molecule has 0 unspecified atom stereocenters. The molecule has 5 nitrogen and oxygen atoms in total. The van der Waals surface area contributed by atoms with Crippen LogP contribution in [0.4, 0.5) is 25.2 Å². The van der Waals surface area contributed by atoms with E-state index in [9.17, 15) is 30.0 Å². The van der Waals surface area contributed by atoms with E-state index in [1.807, 2.05) is 0 Å². The molecule has 24 heavy (non-hydrogen) atoms. The van der Waals surface area contributed by atoms with Crippen LogP contribution in [0.3, 0.4) is 0 Å². The zero-order valence-electron chi connectivity index (χ0n) is 12.4. The van der Waals surface area contributed by atoms with Crippen molar-refractivity contribution in [3.05, 3.63) is 11.1 Å². The Labute approximate surface area is 136 Å². The Hall–Kier alpha value is -1.33. The van der Waals surface area contributed by atoms with Gasteiger partial charge in [0, 0.05) is 0 Å². The van der Waals surface area contributed by atoms with Crippen molar-refractivity contribution in [2.45, 2.75) is 6.92 Å². The van der Waals surface area contributed by atoms with E-state index >= 15 is 0 Å². The SMILES string of the molecule is CC(=O)C(C[S+](CCO)CCO)=C(C#N)C#N.F[P-](F)(F)(F)(F)F. The van der Waals surface area contributed by atoms with Gasteiger partial charge in [0.1, 0.15) is 35.0 Å². The van der Waals surface area contributed by atoms with Crippen LogP contribution >= 0.6 is 7.81 Å². The molecule has 0 rings (SSSR count).